The molecule has 3 aromatic heterocycles. The topological polar surface area (TPSA) is 119 Å². The standard InChI is InChI=1S/C20H12N2O6S/c23-15(17-6-3-9-27-17)11-19-21-20(24)18(29-19)10-12-7-8-16(28-12)13-4-1-2-5-14(13)22(25)26/h1-11H,(H,21,24)/b18-10-,19-11-. The molecule has 144 valence electrons. The number of thiazole rings is 1. The molecule has 0 unspecified atom stereocenters. The van der Waals surface area contributed by atoms with Crippen molar-refractivity contribution in [1.82, 2.24) is 4.98 Å². The number of rotatable bonds is 5. The van der Waals surface area contributed by atoms with Crippen LogP contribution in [-0.2, 0) is 0 Å². The average Bonchev–Trinajstić information content (AvgIpc) is 3.44. The number of H-pyrrole nitrogens is 1. The van der Waals surface area contributed by atoms with Crippen molar-refractivity contribution in [3.63, 3.8) is 0 Å². The number of furan rings is 2. The number of hydrogen-bond acceptors (Lipinski definition) is 7. The molecule has 0 saturated carbocycles. The quantitative estimate of drug-likeness (QED) is 0.308. The van der Waals surface area contributed by atoms with Crippen molar-refractivity contribution in [2.24, 2.45) is 0 Å². The van der Waals surface area contributed by atoms with Gasteiger partial charge in [0, 0.05) is 18.2 Å². The van der Waals surface area contributed by atoms with Crippen molar-refractivity contribution in [3.8, 4) is 11.3 Å². The van der Waals surface area contributed by atoms with Gasteiger partial charge in [0.25, 0.3) is 11.2 Å². The van der Waals surface area contributed by atoms with Gasteiger partial charge >= 0.3 is 0 Å². The highest BCUT2D eigenvalue weighted by Gasteiger charge is 2.16. The number of benzene rings is 1. The zero-order chi connectivity index (χ0) is 20.4. The molecule has 0 amide bonds. The third kappa shape index (κ3) is 3.85. The van der Waals surface area contributed by atoms with Crippen LogP contribution >= 0.6 is 11.3 Å². The van der Waals surface area contributed by atoms with Gasteiger partial charge < -0.3 is 13.8 Å². The van der Waals surface area contributed by atoms with E-state index in [2.05, 4.69) is 4.98 Å². The van der Waals surface area contributed by atoms with E-state index in [0.717, 1.165) is 11.3 Å². The Labute approximate surface area is 166 Å². The van der Waals surface area contributed by atoms with Gasteiger partial charge in [-0.05, 0) is 30.3 Å². The van der Waals surface area contributed by atoms with Crippen LogP contribution in [0.3, 0.4) is 0 Å². The van der Waals surface area contributed by atoms with E-state index in [9.17, 15) is 19.7 Å². The van der Waals surface area contributed by atoms with Crippen LogP contribution in [0.25, 0.3) is 23.5 Å². The van der Waals surface area contributed by atoms with E-state index < -0.39 is 4.92 Å². The van der Waals surface area contributed by atoms with Gasteiger partial charge in [0.15, 0.2) is 5.76 Å². The third-order valence-electron chi connectivity index (χ3n) is 3.97. The minimum Gasteiger partial charge on any atom is -0.461 e. The molecule has 4 aromatic rings. The molecule has 0 aliphatic heterocycles. The fourth-order valence-corrected chi connectivity index (χ4v) is 3.54. The molecule has 1 N–H and O–H groups in total. The number of carbonyl (C=O) groups excluding carboxylic acids is 1. The molecule has 0 saturated heterocycles. The van der Waals surface area contributed by atoms with Crippen molar-refractivity contribution in [2.45, 2.75) is 0 Å². The summed E-state index contributed by atoms with van der Waals surface area (Å²) < 4.78 is 11.4. The van der Waals surface area contributed by atoms with Crippen LogP contribution in [0.4, 0.5) is 5.69 Å². The second-order valence-corrected chi connectivity index (χ2v) is 6.97. The minimum atomic E-state index is -0.483. The summed E-state index contributed by atoms with van der Waals surface area (Å²) in [5, 5.41) is 11.2. The molecular formula is C20H12N2O6S. The number of ketones is 1. The maximum atomic E-state index is 12.2. The third-order valence-corrected chi connectivity index (χ3v) is 4.94. The van der Waals surface area contributed by atoms with E-state index in [1.165, 1.54) is 30.5 Å². The van der Waals surface area contributed by atoms with E-state index in [-0.39, 0.29) is 22.8 Å². The lowest BCUT2D eigenvalue weighted by atomic mass is 10.1. The first-order valence-corrected chi connectivity index (χ1v) is 9.17. The fraction of sp³-hybridized carbons (Fsp3) is 0. The van der Waals surface area contributed by atoms with Crippen molar-refractivity contribution < 1.29 is 18.6 Å². The number of para-hydroxylation sites is 1. The van der Waals surface area contributed by atoms with Crippen molar-refractivity contribution in [2.75, 3.05) is 0 Å². The largest absolute Gasteiger partial charge is 0.461 e. The summed E-state index contributed by atoms with van der Waals surface area (Å²) in [4.78, 5) is 37.5. The van der Waals surface area contributed by atoms with Crippen LogP contribution in [0.1, 0.15) is 16.3 Å². The Hall–Kier alpha value is -3.98. The summed E-state index contributed by atoms with van der Waals surface area (Å²) in [5.74, 6) is 0.478. The predicted molar refractivity (Wildman–Crippen MR) is 106 cm³/mol. The van der Waals surface area contributed by atoms with E-state index in [1.54, 1.807) is 36.4 Å². The Morgan fingerprint density at radius 2 is 1.97 bits per heavy atom. The number of nitrogens with one attached hydrogen (secondary N) is 1. The molecule has 0 spiro atoms. The van der Waals surface area contributed by atoms with E-state index in [4.69, 9.17) is 8.83 Å². The molecule has 29 heavy (non-hydrogen) atoms. The van der Waals surface area contributed by atoms with Gasteiger partial charge in [0.2, 0.25) is 5.78 Å². The number of Topliss-reactive ketones (excluding diaryl/α,β-unsaturated/α-hetero) is 1. The second-order valence-electron chi connectivity index (χ2n) is 5.89. The highest BCUT2D eigenvalue weighted by molar-refractivity contribution is 7.07. The van der Waals surface area contributed by atoms with Crippen LogP contribution in [0, 0.1) is 10.1 Å². The average molecular weight is 408 g/mol. The van der Waals surface area contributed by atoms with Crippen molar-refractivity contribution in [1.29, 1.82) is 0 Å². The van der Waals surface area contributed by atoms with E-state index >= 15 is 0 Å². The number of hydrogen-bond donors (Lipinski definition) is 1. The van der Waals surface area contributed by atoms with E-state index in [0.29, 0.717) is 26.3 Å². The highest BCUT2D eigenvalue weighted by atomic mass is 32.1. The zero-order valence-electron chi connectivity index (χ0n) is 14.7. The van der Waals surface area contributed by atoms with Crippen LogP contribution in [0.2, 0.25) is 0 Å². The number of nitrogens with zero attached hydrogens (tertiary/aromatic N) is 1. The van der Waals surface area contributed by atoms with Crippen LogP contribution in [0.15, 0.2) is 68.4 Å². The van der Waals surface area contributed by atoms with Gasteiger partial charge in [-0.3, -0.25) is 19.7 Å². The lowest BCUT2D eigenvalue weighted by molar-refractivity contribution is -0.384. The number of carbonyl (C=O) groups is 1. The second kappa shape index (κ2) is 7.56. The number of aromatic nitrogens is 1. The molecule has 0 aliphatic carbocycles. The molecule has 9 heteroatoms. The molecule has 8 nitrogen and oxygen atoms in total. The van der Waals surface area contributed by atoms with Gasteiger partial charge in [-0.25, -0.2) is 0 Å². The van der Waals surface area contributed by atoms with Gasteiger partial charge in [-0.1, -0.05) is 12.1 Å². The maximum Gasteiger partial charge on any atom is 0.280 e. The first-order chi connectivity index (χ1) is 14.0. The van der Waals surface area contributed by atoms with Crippen LogP contribution in [-0.4, -0.2) is 15.7 Å². The summed E-state index contributed by atoms with van der Waals surface area (Å²) >= 11 is 1.08. The first kappa shape index (κ1) is 18.4. The smallest absolute Gasteiger partial charge is 0.280 e. The molecule has 4 rings (SSSR count). The molecule has 1 aromatic carbocycles. The summed E-state index contributed by atoms with van der Waals surface area (Å²) in [7, 11) is 0. The lowest BCUT2D eigenvalue weighted by Gasteiger charge is -1.98. The Balaban J connectivity index is 1.69. The fourth-order valence-electron chi connectivity index (χ4n) is 2.68. The summed E-state index contributed by atoms with van der Waals surface area (Å²) in [5.41, 5.74) is -0.108. The molecule has 3 heterocycles. The molecule has 0 fully saturated rings. The maximum absolute atomic E-state index is 12.2. The normalized spacial score (nSPS) is 12.4. The predicted octanol–water partition coefficient (Wildman–Crippen LogP) is 2.69. The highest BCUT2D eigenvalue weighted by Crippen LogP contribution is 2.30. The van der Waals surface area contributed by atoms with Gasteiger partial charge in [-0.2, -0.15) is 0 Å². The number of nitro groups is 1. The van der Waals surface area contributed by atoms with Gasteiger partial charge in [-0.15, -0.1) is 11.3 Å². The molecule has 0 aliphatic rings. The first-order valence-electron chi connectivity index (χ1n) is 8.35. The van der Waals surface area contributed by atoms with Crippen molar-refractivity contribution in [3.05, 3.63) is 96.0 Å². The number of nitro benzene ring substituents is 1. The molecule has 0 radical (unpaired) electrons. The Kier molecular flexibility index (Phi) is 4.80. The SMILES string of the molecule is O=C(/C=c1/[nH]c(=O)/c(=C/c2ccc(-c3ccccc3[N+](=O)[O-])o2)s1)c1ccco1. The van der Waals surface area contributed by atoms with Gasteiger partial charge in [0.05, 0.1) is 25.9 Å². The number of aromatic amines is 1. The summed E-state index contributed by atoms with van der Waals surface area (Å²) in [6.07, 6.45) is 4.18. The Morgan fingerprint density at radius 1 is 1.14 bits per heavy atom. The summed E-state index contributed by atoms with van der Waals surface area (Å²) in [6, 6.07) is 12.6. The Morgan fingerprint density at radius 3 is 2.72 bits per heavy atom. The molecule has 0 bridgehead atoms. The minimum absolute atomic E-state index is 0.0734. The monoisotopic (exact) mass is 408 g/mol. The zero-order valence-corrected chi connectivity index (χ0v) is 15.5. The van der Waals surface area contributed by atoms with E-state index in [1.807, 2.05) is 0 Å². The van der Waals surface area contributed by atoms with Gasteiger partial charge in [0.1, 0.15) is 11.5 Å². The molecular weight excluding hydrogens is 396 g/mol. The lowest BCUT2D eigenvalue weighted by Crippen LogP contribution is -2.19. The summed E-state index contributed by atoms with van der Waals surface area (Å²) in [6.45, 7) is 0. The van der Waals surface area contributed by atoms with Crippen LogP contribution in [0.5, 0.6) is 0 Å². The molecule has 0 atom stereocenters. The van der Waals surface area contributed by atoms with Crippen LogP contribution < -0.4 is 14.8 Å². The Bertz CT molecular complexity index is 1370. The van der Waals surface area contributed by atoms with Crippen molar-refractivity contribution >= 4 is 35.0 Å².